The summed E-state index contributed by atoms with van der Waals surface area (Å²) in [5.41, 5.74) is -0.109. The van der Waals surface area contributed by atoms with Crippen LogP contribution in [0.3, 0.4) is 0 Å². The highest BCUT2D eigenvalue weighted by Crippen LogP contribution is 2.49. The summed E-state index contributed by atoms with van der Waals surface area (Å²) in [5.74, 6) is -1.10. The Morgan fingerprint density at radius 2 is 1.85 bits per heavy atom. The molecule has 1 aliphatic heterocycles. The predicted octanol–water partition coefficient (Wildman–Crippen LogP) is 3.95. The van der Waals surface area contributed by atoms with Crippen molar-refractivity contribution in [2.24, 2.45) is 0 Å². The Balaban J connectivity index is 1.91. The van der Waals surface area contributed by atoms with Crippen molar-refractivity contribution in [3.8, 4) is 22.6 Å². The number of methoxy groups -OCH3 is 1. The molecule has 0 spiro atoms. The first-order valence-corrected chi connectivity index (χ1v) is 11.9. The van der Waals surface area contributed by atoms with Gasteiger partial charge in [0.25, 0.3) is 0 Å². The molecule has 5 rings (SSSR count). The summed E-state index contributed by atoms with van der Waals surface area (Å²) in [5, 5.41) is 11.8. The summed E-state index contributed by atoms with van der Waals surface area (Å²) in [4.78, 5) is 0. The van der Waals surface area contributed by atoms with Crippen LogP contribution in [0.1, 0.15) is 25.5 Å². The maximum Gasteiger partial charge on any atom is 0.236 e. The zero-order valence-corrected chi connectivity index (χ0v) is 19.4. The van der Waals surface area contributed by atoms with Crippen molar-refractivity contribution in [3.05, 3.63) is 53.7 Å². The number of ether oxygens (including phenoxy) is 1. The maximum atomic E-state index is 15.7. The summed E-state index contributed by atoms with van der Waals surface area (Å²) in [7, 11) is -2.23. The third kappa shape index (κ3) is 2.88. The van der Waals surface area contributed by atoms with Gasteiger partial charge in [0.05, 0.1) is 30.0 Å². The average Bonchev–Trinajstić information content (AvgIpc) is 3.35. The zero-order chi connectivity index (χ0) is 23.9. The number of nitrogens with one attached hydrogen (secondary N) is 1. The topological polar surface area (TPSA) is 91.0 Å². The lowest BCUT2D eigenvalue weighted by molar-refractivity contribution is 0.402. The van der Waals surface area contributed by atoms with Crippen LogP contribution in [0.15, 0.2) is 30.5 Å². The highest BCUT2D eigenvalue weighted by molar-refractivity contribution is 7.89. The molecule has 0 bridgehead atoms. The predicted molar refractivity (Wildman–Crippen MR) is 120 cm³/mol. The first kappa shape index (κ1) is 21.4. The van der Waals surface area contributed by atoms with Crippen LogP contribution >= 0.6 is 0 Å². The van der Waals surface area contributed by atoms with E-state index in [-0.39, 0.29) is 22.7 Å². The van der Waals surface area contributed by atoms with E-state index in [1.165, 1.54) is 13.3 Å². The van der Waals surface area contributed by atoms with Crippen LogP contribution in [0.2, 0.25) is 0 Å². The van der Waals surface area contributed by atoms with Gasteiger partial charge < -0.3 is 10.1 Å². The molecule has 2 aromatic carbocycles. The van der Waals surface area contributed by atoms with E-state index in [9.17, 15) is 8.42 Å². The number of aryl methyl sites for hydroxylation is 1. The van der Waals surface area contributed by atoms with E-state index in [4.69, 9.17) is 4.74 Å². The van der Waals surface area contributed by atoms with Crippen LogP contribution in [0.4, 0.5) is 14.5 Å². The van der Waals surface area contributed by atoms with Gasteiger partial charge in [-0.05, 0) is 38.5 Å². The maximum absolute atomic E-state index is 15.7. The number of benzene rings is 2. The van der Waals surface area contributed by atoms with Crippen LogP contribution < -0.4 is 10.1 Å². The van der Waals surface area contributed by atoms with Crippen molar-refractivity contribution in [2.75, 3.05) is 18.7 Å². The van der Waals surface area contributed by atoms with E-state index in [2.05, 4.69) is 15.5 Å². The molecular weight excluding hydrogens is 452 g/mol. The Labute approximate surface area is 188 Å². The van der Waals surface area contributed by atoms with Gasteiger partial charge in [-0.2, -0.15) is 0 Å². The monoisotopic (exact) mass is 473 g/mol. The quantitative estimate of drug-likeness (QED) is 0.485. The zero-order valence-electron chi connectivity index (χ0n) is 18.6. The largest absolute Gasteiger partial charge is 0.494 e. The molecular formula is C22H21F2N5O3S. The minimum Gasteiger partial charge on any atom is -0.494 e. The third-order valence-corrected chi connectivity index (χ3v) is 6.92. The van der Waals surface area contributed by atoms with Gasteiger partial charge in [0.1, 0.15) is 17.2 Å². The van der Waals surface area contributed by atoms with Gasteiger partial charge in [0.2, 0.25) is 10.0 Å². The molecule has 3 heterocycles. The van der Waals surface area contributed by atoms with E-state index in [1.807, 2.05) is 0 Å². The van der Waals surface area contributed by atoms with Crippen LogP contribution in [0.25, 0.3) is 27.7 Å². The van der Waals surface area contributed by atoms with Crippen LogP contribution in [-0.2, 0) is 15.6 Å². The van der Waals surface area contributed by atoms with Crippen molar-refractivity contribution >= 4 is 26.6 Å². The van der Waals surface area contributed by atoms with Gasteiger partial charge in [-0.3, -0.25) is 4.57 Å². The van der Waals surface area contributed by atoms with E-state index in [0.29, 0.717) is 28.1 Å². The van der Waals surface area contributed by atoms with Crippen LogP contribution in [-0.4, -0.2) is 40.5 Å². The fourth-order valence-electron chi connectivity index (χ4n) is 4.47. The highest BCUT2D eigenvalue weighted by atomic mass is 32.2. The molecule has 0 atom stereocenters. The van der Waals surface area contributed by atoms with E-state index >= 15 is 8.78 Å². The molecule has 1 N–H and O–H groups in total. The Bertz CT molecular complexity index is 1570. The normalized spacial score (nSPS) is 14.6. The number of rotatable bonds is 3. The van der Waals surface area contributed by atoms with E-state index < -0.39 is 27.2 Å². The number of hydrogen-bond donors (Lipinski definition) is 1. The number of nitrogens with zero attached hydrogens (tertiary/aromatic N) is 4. The molecule has 0 radical (unpaired) electrons. The number of aromatic nitrogens is 4. The lowest BCUT2D eigenvalue weighted by Gasteiger charge is -2.35. The Hall–Kier alpha value is -3.47. The molecule has 33 heavy (non-hydrogen) atoms. The molecule has 0 saturated heterocycles. The molecule has 11 heteroatoms. The lowest BCUT2D eigenvalue weighted by Crippen LogP contribution is -2.37. The van der Waals surface area contributed by atoms with Gasteiger partial charge in [-0.15, -0.1) is 10.2 Å². The van der Waals surface area contributed by atoms with Crippen molar-refractivity contribution in [1.29, 1.82) is 0 Å². The molecule has 0 unspecified atom stereocenters. The number of fused-ring (bicyclic) bond motifs is 4. The average molecular weight is 474 g/mol. The third-order valence-electron chi connectivity index (χ3n) is 5.88. The molecule has 8 nitrogen and oxygen atoms in total. The summed E-state index contributed by atoms with van der Waals surface area (Å²) in [6.07, 6.45) is 2.46. The van der Waals surface area contributed by atoms with Crippen molar-refractivity contribution in [2.45, 2.75) is 26.3 Å². The SMILES string of the molecule is COc1c(-c2cccc3c2ccn3S(C)(=O)=O)c(F)c(F)c2c1-n1c(C)nnc1C(C)(C)N2. The molecule has 2 aromatic heterocycles. The highest BCUT2D eigenvalue weighted by Gasteiger charge is 2.40. The van der Waals surface area contributed by atoms with Gasteiger partial charge in [-0.1, -0.05) is 12.1 Å². The fourth-order valence-corrected chi connectivity index (χ4v) is 5.27. The smallest absolute Gasteiger partial charge is 0.236 e. The Kier molecular flexibility index (Phi) is 4.38. The molecule has 4 aromatic rings. The van der Waals surface area contributed by atoms with Gasteiger partial charge >= 0.3 is 0 Å². The number of anilines is 1. The van der Waals surface area contributed by atoms with Crippen molar-refractivity contribution < 1.29 is 21.9 Å². The summed E-state index contributed by atoms with van der Waals surface area (Å²) >= 11 is 0. The lowest BCUT2D eigenvalue weighted by atomic mass is 9.94. The Morgan fingerprint density at radius 1 is 1.12 bits per heavy atom. The summed E-state index contributed by atoms with van der Waals surface area (Å²) in [6.45, 7) is 5.31. The number of hydrogen-bond acceptors (Lipinski definition) is 6. The summed E-state index contributed by atoms with van der Waals surface area (Å²) < 4.78 is 64.0. The molecule has 0 amide bonds. The minimum absolute atomic E-state index is 0.0608. The molecule has 1 aliphatic rings. The van der Waals surface area contributed by atoms with Gasteiger partial charge in [0, 0.05) is 11.6 Å². The molecule has 0 saturated carbocycles. The first-order valence-electron chi connectivity index (χ1n) is 10.1. The van der Waals surface area contributed by atoms with Crippen molar-refractivity contribution in [3.63, 3.8) is 0 Å². The second-order valence-electron chi connectivity index (χ2n) is 8.53. The number of halogens is 2. The van der Waals surface area contributed by atoms with E-state index in [0.717, 1.165) is 10.2 Å². The van der Waals surface area contributed by atoms with Crippen LogP contribution in [0.5, 0.6) is 5.75 Å². The van der Waals surface area contributed by atoms with Gasteiger partial charge in [-0.25, -0.2) is 21.2 Å². The first-order chi connectivity index (χ1) is 15.5. The fraction of sp³-hybridized carbons (Fsp3) is 0.273. The second-order valence-corrected chi connectivity index (χ2v) is 10.4. The van der Waals surface area contributed by atoms with E-state index in [1.54, 1.807) is 49.6 Å². The molecule has 0 fully saturated rings. The molecule has 0 aliphatic carbocycles. The summed E-state index contributed by atoms with van der Waals surface area (Å²) in [6, 6.07) is 6.35. The van der Waals surface area contributed by atoms with Gasteiger partial charge in [0.15, 0.2) is 23.2 Å². The Morgan fingerprint density at radius 3 is 2.52 bits per heavy atom. The standard InChI is InChI=1S/C22H21F2N5O3S/c1-11-26-27-21-22(2,3)25-18-17(24)16(23)15(20(32-4)19(18)29(11)21)13-7-6-8-14-12(13)9-10-28(14)33(5,30)31/h6-10,25H,1-5H3. The minimum atomic E-state index is -3.60. The molecule has 172 valence electrons. The second kappa shape index (κ2) is 6.77. The van der Waals surface area contributed by atoms with Crippen LogP contribution in [0, 0.1) is 18.6 Å². The van der Waals surface area contributed by atoms with Crippen molar-refractivity contribution in [1.82, 2.24) is 18.7 Å².